The van der Waals surface area contributed by atoms with E-state index in [4.69, 9.17) is 10.5 Å². The smallest absolute Gasteiger partial charge is 0.202 e. The minimum atomic E-state index is -0.584. The molecule has 2 aromatic rings. The van der Waals surface area contributed by atoms with Crippen LogP contribution in [0.3, 0.4) is 0 Å². The summed E-state index contributed by atoms with van der Waals surface area (Å²) in [5, 5.41) is 0.946. The SMILES string of the molecule is C/C=C(\Sc1ccc(C)n1CCCN)C(=O)c1ccc(OC)cc1F. The van der Waals surface area contributed by atoms with Gasteiger partial charge in [0, 0.05) is 18.3 Å². The van der Waals surface area contributed by atoms with E-state index in [1.165, 1.54) is 31.0 Å². The number of Topliss-reactive ketones (excluding diaryl/α,β-unsaturated/α-hetero) is 1. The molecule has 0 bridgehead atoms. The van der Waals surface area contributed by atoms with Crippen molar-refractivity contribution in [3.63, 3.8) is 0 Å². The molecule has 0 fully saturated rings. The molecular formula is C19H23FN2O2S. The number of methoxy groups -OCH3 is 1. The van der Waals surface area contributed by atoms with Crippen molar-refractivity contribution in [2.75, 3.05) is 13.7 Å². The molecular weight excluding hydrogens is 339 g/mol. The van der Waals surface area contributed by atoms with E-state index >= 15 is 0 Å². The summed E-state index contributed by atoms with van der Waals surface area (Å²) < 4.78 is 21.3. The van der Waals surface area contributed by atoms with Crippen molar-refractivity contribution in [2.45, 2.75) is 31.8 Å². The van der Waals surface area contributed by atoms with Crippen LogP contribution < -0.4 is 10.5 Å². The largest absolute Gasteiger partial charge is 0.497 e. The second-order valence-electron chi connectivity index (χ2n) is 5.54. The Kier molecular flexibility index (Phi) is 6.84. The lowest BCUT2D eigenvalue weighted by atomic mass is 10.1. The van der Waals surface area contributed by atoms with Crippen LogP contribution in [0, 0.1) is 12.7 Å². The van der Waals surface area contributed by atoms with E-state index in [0.717, 1.165) is 23.7 Å². The highest BCUT2D eigenvalue weighted by molar-refractivity contribution is 8.04. The van der Waals surface area contributed by atoms with Crippen LogP contribution in [0.25, 0.3) is 0 Å². The first-order valence-corrected chi connectivity index (χ1v) is 8.92. The molecule has 1 aromatic carbocycles. The lowest BCUT2D eigenvalue weighted by Gasteiger charge is -2.12. The summed E-state index contributed by atoms with van der Waals surface area (Å²) in [7, 11) is 1.46. The highest BCUT2D eigenvalue weighted by atomic mass is 32.2. The molecule has 0 unspecified atom stereocenters. The Hall–Kier alpha value is -2.05. The molecule has 2 rings (SSSR count). The summed E-state index contributed by atoms with van der Waals surface area (Å²) in [6.45, 7) is 5.19. The van der Waals surface area contributed by atoms with Gasteiger partial charge in [-0.1, -0.05) is 17.8 Å². The average molecular weight is 362 g/mol. The fraction of sp³-hybridized carbons (Fsp3) is 0.316. The predicted octanol–water partition coefficient (Wildman–Crippen LogP) is 4.17. The number of hydrogen-bond acceptors (Lipinski definition) is 4. The van der Waals surface area contributed by atoms with Gasteiger partial charge in [0.15, 0.2) is 0 Å². The van der Waals surface area contributed by atoms with Gasteiger partial charge in [0.2, 0.25) is 5.78 Å². The number of nitrogens with zero attached hydrogens (tertiary/aromatic N) is 1. The zero-order valence-corrected chi connectivity index (χ0v) is 15.5. The van der Waals surface area contributed by atoms with Crippen molar-refractivity contribution in [2.24, 2.45) is 5.73 Å². The zero-order chi connectivity index (χ0) is 18.4. The fourth-order valence-corrected chi connectivity index (χ4v) is 3.49. The molecule has 0 atom stereocenters. The van der Waals surface area contributed by atoms with Crippen molar-refractivity contribution in [3.8, 4) is 5.75 Å². The van der Waals surface area contributed by atoms with Gasteiger partial charge in [0.05, 0.1) is 22.6 Å². The van der Waals surface area contributed by atoms with E-state index in [0.29, 0.717) is 17.2 Å². The first-order valence-electron chi connectivity index (χ1n) is 8.10. The van der Waals surface area contributed by atoms with Gasteiger partial charge in [-0.2, -0.15) is 0 Å². The summed E-state index contributed by atoms with van der Waals surface area (Å²) in [5.74, 6) is -0.536. The Labute approximate surface area is 151 Å². The standard InChI is InChI=1S/C19H23FN2O2S/c1-4-17(19(23)15-8-7-14(24-3)12-16(15)20)25-18-9-6-13(2)22(18)11-5-10-21/h4,6-9,12H,5,10-11,21H2,1-3H3/b17-4-. The highest BCUT2D eigenvalue weighted by Crippen LogP contribution is 2.32. The van der Waals surface area contributed by atoms with Crippen LogP contribution in [0.5, 0.6) is 5.75 Å². The van der Waals surface area contributed by atoms with E-state index in [-0.39, 0.29) is 11.3 Å². The minimum absolute atomic E-state index is 0.0400. The number of benzene rings is 1. The van der Waals surface area contributed by atoms with Gasteiger partial charge in [0.25, 0.3) is 0 Å². The molecule has 4 nitrogen and oxygen atoms in total. The third-order valence-corrected chi connectivity index (χ3v) is 5.07. The van der Waals surface area contributed by atoms with Gasteiger partial charge in [-0.3, -0.25) is 4.79 Å². The first-order chi connectivity index (χ1) is 12.0. The number of halogens is 1. The molecule has 134 valence electrons. The molecule has 0 radical (unpaired) electrons. The third-order valence-electron chi connectivity index (χ3n) is 3.87. The summed E-state index contributed by atoms with van der Waals surface area (Å²) >= 11 is 1.34. The number of carbonyl (C=O) groups is 1. The molecule has 0 spiro atoms. The molecule has 0 aliphatic carbocycles. The molecule has 0 saturated carbocycles. The van der Waals surface area contributed by atoms with Crippen LogP contribution in [0.15, 0.2) is 46.3 Å². The molecule has 1 aromatic heterocycles. The molecule has 0 amide bonds. The Balaban J connectivity index is 2.25. The van der Waals surface area contributed by atoms with Gasteiger partial charge in [0.1, 0.15) is 11.6 Å². The highest BCUT2D eigenvalue weighted by Gasteiger charge is 2.19. The Morgan fingerprint density at radius 3 is 2.72 bits per heavy atom. The second-order valence-corrected chi connectivity index (χ2v) is 6.60. The van der Waals surface area contributed by atoms with Crippen molar-refractivity contribution in [1.29, 1.82) is 0 Å². The fourth-order valence-electron chi connectivity index (χ4n) is 2.46. The number of nitrogens with two attached hydrogens (primary N) is 1. The van der Waals surface area contributed by atoms with Crippen LogP contribution in [0.2, 0.25) is 0 Å². The van der Waals surface area contributed by atoms with Gasteiger partial charge < -0.3 is 15.0 Å². The molecule has 1 heterocycles. The summed E-state index contributed by atoms with van der Waals surface area (Å²) in [6, 6.07) is 8.24. The van der Waals surface area contributed by atoms with Crippen molar-refractivity contribution >= 4 is 17.5 Å². The summed E-state index contributed by atoms with van der Waals surface area (Å²) in [6.07, 6.45) is 2.57. The lowest BCUT2D eigenvalue weighted by Crippen LogP contribution is -2.09. The number of carbonyl (C=O) groups excluding carboxylic acids is 1. The Morgan fingerprint density at radius 1 is 1.36 bits per heavy atom. The van der Waals surface area contributed by atoms with Crippen LogP contribution in [0.1, 0.15) is 29.4 Å². The average Bonchev–Trinajstić information content (AvgIpc) is 2.96. The first kappa shape index (κ1) is 19.3. The summed E-state index contributed by atoms with van der Waals surface area (Å²) in [5.41, 5.74) is 6.75. The lowest BCUT2D eigenvalue weighted by molar-refractivity contribution is 0.103. The number of rotatable bonds is 8. The van der Waals surface area contributed by atoms with E-state index in [2.05, 4.69) is 4.57 Å². The molecule has 2 N–H and O–H groups in total. The molecule has 25 heavy (non-hydrogen) atoms. The number of allylic oxidation sites excluding steroid dienone is 2. The van der Waals surface area contributed by atoms with E-state index in [9.17, 15) is 9.18 Å². The van der Waals surface area contributed by atoms with E-state index < -0.39 is 5.82 Å². The normalized spacial score (nSPS) is 11.6. The zero-order valence-electron chi connectivity index (χ0n) is 14.7. The van der Waals surface area contributed by atoms with Crippen LogP contribution in [-0.4, -0.2) is 24.0 Å². The van der Waals surface area contributed by atoms with Gasteiger partial charge in [-0.15, -0.1) is 0 Å². The van der Waals surface area contributed by atoms with Crippen LogP contribution in [0.4, 0.5) is 4.39 Å². The third kappa shape index (κ3) is 4.52. The number of thioether (sulfide) groups is 1. The van der Waals surface area contributed by atoms with E-state index in [1.54, 1.807) is 19.1 Å². The van der Waals surface area contributed by atoms with Gasteiger partial charge >= 0.3 is 0 Å². The maximum Gasteiger partial charge on any atom is 0.202 e. The number of aryl methyl sites for hydroxylation is 1. The monoisotopic (exact) mass is 362 g/mol. The van der Waals surface area contributed by atoms with Gasteiger partial charge in [-0.25, -0.2) is 4.39 Å². The van der Waals surface area contributed by atoms with Crippen LogP contribution >= 0.6 is 11.8 Å². The Morgan fingerprint density at radius 2 is 2.12 bits per heavy atom. The quantitative estimate of drug-likeness (QED) is 0.435. The van der Waals surface area contributed by atoms with Crippen molar-refractivity contribution in [1.82, 2.24) is 4.57 Å². The minimum Gasteiger partial charge on any atom is -0.497 e. The molecule has 0 aliphatic heterocycles. The van der Waals surface area contributed by atoms with Crippen molar-refractivity contribution < 1.29 is 13.9 Å². The topological polar surface area (TPSA) is 57.2 Å². The van der Waals surface area contributed by atoms with Crippen molar-refractivity contribution in [3.05, 3.63) is 58.4 Å². The number of ketones is 1. The Bertz CT molecular complexity index is 784. The number of hydrogen-bond donors (Lipinski definition) is 1. The summed E-state index contributed by atoms with van der Waals surface area (Å²) in [4.78, 5) is 13.2. The maximum atomic E-state index is 14.2. The number of aromatic nitrogens is 1. The molecule has 0 saturated heterocycles. The van der Waals surface area contributed by atoms with Gasteiger partial charge in [-0.05, 0) is 51.1 Å². The number of ether oxygens (including phenoxy) is 1. The maximum absolute atomic E-state index is 14.2. The molecule has 6 heteroatoms. The molecule has 0 aliphatic rings. The van der Waals surface area contributed by atoms with E-state index in [1.807, 2.05) is 19.1 Å². The predicted molar refractivity (Wildman–Crippen MR) is 99.7 cm³/mol. The van der Waals surface area contributed by atoms with Crippen LogP contribution in [-0.2, 0) is 6.54 Å². The second kappa shape index (κ2) is 8.87.